The Kier molecular flexibility index (Phi) is 10.0. The first kappa shape index (κ1) is 38.4. The first-order chi connectivity index (χ1) is 25.6. The molecule has 0 spiro atoms. The minimum Gasteiger partial charge on any atom is -0.511 e. The van der Waals surface area contributed by atoms with Crippen LogP contribution in [0.4, 0.5) is 22.7 Å². The second-order valence-electron chi connectivity index (χ2n) is 17.5. The molecule has 0 amide bonds. The third-order valence-electron chi connectivity index (χ3n) is 10.5. The van der Waals surface area contributed by atoms with Crippen LogP contribution in [0, 0.1) is 18.7 Å². The SMILES string of the molecule is CC(C)(C)c1cc(N2C[CH-]N(c3[c-]c(Oc4[c-]c5c(cc4)c4ccccc4n5-c4cc(C(C)(C)C)ccn4)ccc3)c3ccccc32)cc(C(C)(C)C)c1.[Pt]. The summed E-state index contributed by atoms with van der Waals surface area (Å²) in [5, 5.41) is 2.25. The molecule has 284 valence electrons. The van der Waals surface area contributed by atoms with Crippen LogP contribution < -0.4 is 14.5 Å². The Hall–Kier alpha value is -4.86. The topological polar surface area (TPSA) is 33.5 Å². The molecule has 5 aromatic carbocycles. The molecule has 0 bridgehead atoms. The predicted molar refractivity (Wildman–Crippen MR) is 225 cm³/mol. The second-order valence-corrected chi connectivity index (χ2v) is 17.5. The van der Waals surface area contributed by atoms with Crippen LogP contribution in [0.5, 0.6) is 11.5 Å². The van der Waals surface area contributed by atoms with Gasteiger partial charge in [0.2, 0.25) is 0 Å². The van der Waals surface area contributed by atoms with Gasteiger partial charge in [-0.2, -0.15) is 12.1 Å². The summed E-state index contributed by atoms with van der Waals surface area (Å²) >= 11 is 0. The minimum absolute atomic E-state index is 0. The number of pyridine rings is 1. The molecule has 0 radical (unpaired) electrons. The fourth-order valence-corrected chi connectivity index (χ4v) is 7.30. The number of para-hydroxylation sites is 3. The fourth-order valence-electron chi connectivity index (χ4n) is 7.30. The molecule has 0 saturated carbocycles. The molecular weight excluding hydrogens is 856 g/mol. The molecule has 0 saturated heterocycles. The van der Waals surface area contributed by atoms with E-state index in [9.17, 15) is 0 Å². The average molecular weight is 905 g/mol. The molecule has 5 nitrogen and oxygen atoms in total. The molecular formula is C49H49N4OPt-3. The standard InChI is InChI=1S/C49H49N4O.Pt/c1-47(2,3)33-23-24-50-46(30-33)53-42-18-11-10-17-40(42)41-22-21-39(32-45(41)53)54-38-16-14-15-36(31-38)51-25-26-52(44-20-13-12-19-43(44)51)37-28-34(48(4,5)6)27-35(29-37)49(7,8)9;/h10-25,27-30H,26H2,1-9H3;/q-3;. The Morgan fingerprint density at radius 3 is 1.98 bits per heavy atom. The van der Waals surface area contributed by atoms with Crippen LogP contribution in [0.15, 0.2) is 115 Å². The van der Waals surface area contributed by atoms with Crippen LogP contribution in [-0.2, 0) is 37.3 Å². The van der Waals surface area contributed by atoms with Gasteiger partial charge in [0, 0.05) is 55.7 Å². The van der Waals surface area contributed by atoms with Crippen molar-refractivity contribution in [2.75, 3.05) is 16.3 Å². The van der Waals surface area contributed by atoms with Crippen LogP contribution >= 0.6 is 0 Å². The van der Waals surface area contributed by atoms with E-state index in [4.69, 9.17) is 9.72 Å². The number of nitrogens with zero attached hydrogens (tertiary/aromatic N) is 4. The van der Waals surface area contributed by atoms with Gasteiger partial charge in [-0.3, -0.25) is 0 Å². The van der Waals surface area contributed by atoms with E-state index in [1.807, 2.05) is 24.4 Å². The van der Waals surface area contributed by atoms with E-state index in [0.29, 0.717) is 18.0 Å². The summed E-state index contributed by atoms with van der Waals surface area (Å²) in [6.45, 7) is 23.4. The van der Waals surface area contributed by atoms with Crippen molar-refractivity contribution in [3.05, 3.63) is 151 Å². The zero-order valence-electron chi connectivity index (χ0n) is 33.3. The molecule has 8 rings (SSSR count). The van der Waals surface area contributed by atoms with Gasteiger partial charge in [0.15, 0.2) is 0 Å². The largest absolute Gasteiger partial charge is 0.511 e. The Morgan fingerprint density at radius 2 is 1.27 bits per heavy atom. The summed E-state index contributed by atoms with van der Waals surface area (Å²) in [7, 11) is 0. The molecule has 0 atom stereocenters. The van der Waals surface area contributed by atoms with Crippen molar-refractivity contribution in [2.24, 2.45) is 0 Å². The van der Waals surface area contributed by atoms with Crippen LogP contribution in [0.3, 0.4) is 0 Å². The molecule has 55 heavy (non-hydrogen) atoms. The number of benzene rings is 5. The van der Waals surface area contributed by atoms with Gasteiger partial charge in [0.1, 0.15) is 5.82 Å². The zero-order chi connectivity index (χ0) is 38.0. The van der Waals surface area contributed by atoms with Gasteiger partial charge in [-0.05, 0) is 80.8 Å². The van der Waals surface area contributed by atoms with Gasteiger partial charge in [-0.25, -0.2) is 11.5 Å². The molecule has 0 N–H and O–H groups in total. The number of fused-ring (bicyclic) bond motifs is 4. The molecule has 0 aliphatic carbocycles. The van der Waals surface area contributed by atoms with Crippen molar-refractivity contribution in [3.63, 3.8) is 0 Å². The summed E-state index contributed by atoms with van der Waals surface area (Å²) in [5.41, 5.74) is 10.3. The third kappa shape index (κ3) is 7.44. The fraction of sp³-hybridized carbons (Fsp3) is 0.265. The van der Waals surface area contributed by atoms with Crippen molar-refractivity contribution in [3.8, 4) is 17.3 Å². The maximum absolute atomic E-state index is 6.56. The number of ether oxygens (including phenoxy) is 1. The molecule has 0 unspecified atom stereocenters. The van der Waals surface area contributed by atoms with Crippen molar-refractivity contribution in [1.82, 2.24) is 9.55 Å². The van der Waals surface area contributed by atoms with Crippen LogP contribution in [-0.4, -0.2) is 16.1 Å². The van der Waals surface area contributed by atoms with E-state index in [0.717, 1.165) is 44.7 Å². The number of hydrogen-bond donors (Lipinski definition) is 0. The van der Waals surface area contributed by atoms with E-state index in [2.05, 4.69) is 186 Å². The van der Waals surface area contributed by atoms with Crippen molar-refractivity contribution < 1.29 is 25.8 Å². The number of anilines is 4. The van der Waals surface area contributed by atoms with Gasteiger partial charge in [-0.1, -0.05) is 111 Å². The van der Waals surface area contributed by atoms with Gasteiger partial charge in [0.05, 0.1) is 5.69 Å². The summed E-state index contributed by atoms with van der Waals surface area (Å²) in [6.07, 6.45) is 1.90. The molecule has 0 fully saturated rings. The van der Waals surface area contributed by atoms with Gasteiger partial charge >= 0.3 is 0 Å². The van der Waals surface area contributed by atoms with Crippen molar-refractivity contribution in [2.45, 2.75) is 78.6 Å². The van der Waals surface area contributed by atoms with Crippen molar-refractivity contribution in [1.29, 1.82) is 0 Å². The van der Waals surface area contributed by atoms with Gasteiger partial charge < -0.3 is 19.1 Å². The maximum Gasteiger partial charge on any atom is 0.135 e. The van der Waals surface area contributed by atoms with E-state index in [1.165, 1.54) is 22.4 Å². The number of hydrogen-bond acceptors (Lipinski definition) is 4. The quantitative estimate of drug-likeness (QED) is 0.161. The first-order valence-corrected chi connectivity index (χ1v) is 18.9. The number of aromatic nitrogens is 2. The molecule has 7 aromatic rings. The van der Waals surface area contributed by atoms with Crippen LogP contribution in [0.2, 0.25) is 0 Å². The predicted octanol–water partition coefficient (Wildman–Crippen LogP) is 12.9. The zero-order valence-corrected chi connectivity index (χ0v) is 35.5. The maximum atomic E-state index is 6.56. The molecule has 2 aromatic heterocycles. The monoisotopic (exact) mass is 904 g/mol. The van der Waals surface area contributed by atoms with Gasteiger partial charge in [-0.15, -0.1) is 41.4 Å². The van der Waals surface area contributed by atoms with Crippen LogP contribution in [0.1, 0.15) is 79.0 Å². The molecule has 6 heteroatoms. The smallest absolute Gasteiger partial charge is 0.135 e. The Labute approximate surface area is 341 Å². The van der Waals surface area contributed by atoms with Crippen LogP contribution in [0.25, 0.3) is 27.6 Å². The Balaban J connectivity index is 0.00000465. The molecule has 1 aliphatic rings. The molecule has 3 heterocycles. The molecule has 1 aliphatic heterocycles. The summed E-state index contributed by atoms with van der Waals surface area (Å²) in [6, 6.07) is 45.9. The number of rotatable bonds is 5. The summed E-state index contributed by atoms with van der Waals surface area (Å²) < 4.78 is 8.75. The third-order valence-corrected chi connectivity index (χ3v) is 10.5. The minimum atomic E-state index is -0.00695. The normalized spacial score (nSPS) is 13.5. The van der Waals surface area contributed by atoms with Gasteiger partial charge in [0.25, 0.3) is 0 Å². The Bertz CT molecular complexity index is 2480. The van der Waals surface area contributed by atoms with Crippen molar-refractivity contribution >= 4 is 44.6 Å². The van der Waals surface area contributed by atoms with E-state index in [-0.39, 0.29) is 37.3 Å². The van der Waals surface area contributed by atoms with E-state index >= 15 is 0 Å². The first-order valence-electron chi connectivity index (χ1n) is 18.9. The second kappa shape index (κ2) is 14.3. The van der Waals surface area contributed by atoms with E-state index < -0.39 is 0 Å². The Morgan fingerprint density at radius 1 is 0.618 bits per heavy atom. The van der Waals surface area contributed by atoms with E-state index in [1.54, 1.807) is 0 Å². The summed E-state index contributed by atoms with van der Waals surface area (Å²) in [5.74, 6) is 2.11. The summed E-state index contributed by atoms with van der Waals surface area (Å²) in [4.78, 5) is 9.48. The average Bonchev–Trinajstić information content (AvgIpc) is 3.47.